The molecule has 20 heavy (non-hydrogen) atoms. The lowest BCUT2D eigenvalue weighted by molar-refractivity contribution is 0.0581. The summed E-state index contributed by atoms with van der Waals surface area (Å²) in [5.74, 6) is 1.74. The third kappa shape index (κ3) is 5.51. The summed E-state index contributed by atoms with van der Waals surface area (Å²) in [5.41, 5.74) is 0. The van der Waals surface area contributed by atoms with Crippen LogP contribution in [0.1, 0.15) is 32.6 Å². The molecule has 1 saturated heterocycles. The molecule has 0 radical (unpaired) electrons. The van der Waals surface area contributed by atoms with Crippen LogP contribution in [0.4, 0.5) is 0 Å². The van der Waals surface area contributed by atoms with E-state index in [0.717, 1.165) is 44.5 Å². The molecule has 1 aromatic carbocycles. The van der Waals surface area contributed by atoms with Crippen LogP contribution in [0.25, 0.3) is 0 Å². The Kier molecular flexibility index (Phi) is 6.89. The summed E-state index contributed by atoms with van der Waals surface area (Å²) in [6.07, 6.45) is 4.73. The lowest BCUT2D eigenvalue weighted by Gasteiger charge is -2.27. The second kappa shape index (κ2) is 8.98. The van der Waals surface area contributed by atoms with Crippen LogP contribution in [0, 0.1) is 5.92 Å². The largest absolute Gasteiger partial charge is 0.492 e. The highest BCUT2D eigenvalue weighted by Crippen LogP contribution is 2.20. The molecule has 3 heteroatoms. The summed E-state index contributed by atoms with van der Waals surface area (Å²) in [6, 6.07) is 10.5. The SMILES string of the molecule is CCCNC(COc1ccccc1)CC1CCOCC1. The quantitative estimate of drug-likeness (QED) is 0.791. The molecule has 2 rings (SSSR count). The topological polar surface area (TPSA) is 30.5 Å². The molecule has 0 bridgehead atoms. The van der Waals surface area contributed by atoms with Crippen LogP contribution in [0.5, 0.6) is 5.75 Å². The van der Waals surface area contributed by atoms with E-state index < -0.39 is 0 Å². The molecule has 1 N–H and O–H groups in total. The summed E-state index contributed by atoms with van der Waals surface area (Å²) in [6.45, 7) is 5.86. The third-order valence-corrected chi connectivity index (χ3v) is 3.84. The average molecular weight is 277 g/mol. The highest BCUT2D eigenvalue weighted by Gasteiger charge is 2.19. The van der Waals surface area contributed by atoms with E-state index in [4.69, 9.17) is 9.47 Å². The predicted octanol–water partition coefficient (Wildman–Crippen LogP) is 3.25. The fraction of sp³-hybridized carbons (Fsp3) is 0.647. The molecule has 1 aliphatic rings. The zero-order valence-corrected chi connectivity index (χ0v) is 12.5. The van der Waals surface area contributed by atoms with E-state index in [1.807, 2.05) is 30.3 Å². The maximum atomic E-state index is 5.91. The Morgan fingerprint density at radius 1 is 1.25 bits per heavy atom. The molecule has 0 saturated carbocycles. The van der Waals surface area contributed by atoms with E-state index in [2.05, 4.69) is 12.2 Å². The maximum Gasteiger partial charge on any atom is 0.119 e. The van der Waals surface area contributed by atoms with Gasteiger partial charge in [0.25, 0.3) is 0 Å². The molecule has 1 unspecified atom stereocenters. The first-order valence-electron chi connectivity index (χ1n) is 7.87. The number of nitrogens with one attached hydrogen (secondary N) is 1. The minimum atomic E-state index is 0.443. The third-order valence-electron chi connectivity index (χ3n) is 3.84. The van der Waals surface area contributed by atoms with Gasteiger partial charge in [0.1, 0.15) is 12.4 Å². The smallest absolute Gasteiger partial charge is 0.119 e. The van der Waals surface area contributed by atoms with Gasteiger partial charge in [0, 0.05) is 19.3 Å². The van der Waals surface area contributed by atoms with Gasteiger partial charge in [-0.25, -0.2) is 0 Å². The Morgan fingerprint density at radius 2 is 2.00 bits per heavy atom. The highest BCUT2D eigenvalue weighted by atomic mass is 16.5. The van der Waals surface area contributed by atoms with E-state index in [0.29, 0.717) is 6.04 Å². The van der Waals surface area contributed by atoms with Gasteiger partial charge in [-0.15, -0.1) is 0 Å². The first-order valence-corrected chi connectivity index (χ1v) is 7.87. The molecule has 3 nitrogen and oxygen atoms in total. The van der Waals surface area contributed by atoms with Crippen molar-refractivity contribution in [3.05, 3.63) is 30.3 Å². The monoisotopic (exact) mass is 277 g/mol. The molecule has 0 aliphatic carbocycles. The van der Waals surface area contributed by atoms with Crippen molar-refractivity contribution in [2.75, 3.05) is 26.4 Å². The Balaban J connectivity index is 1.79. The van der Waals surface area contributed by atoms with Crippen molar-refractivity contribution >= 4 is 0 Å². The lowest BCUT2D eigenvalue weighted by atomic mass is 9.92. The summed E-state index contributed by atoms with van der Waals surface area (Å²) < 4.78 is 11.4. The summed E-state index contributed by atoms with van der Waals surface area (Å²) in [4.78, 5) is 0. The fourth-order valence-corrected chi connectivity index (χ4v) is 2.66. The van der Waals surface area contributed by atoms with Gasteiger partial charge < -0.3 is 14.8 Å². The molecule has 0 spiro atoms. The van der Waals surface area contributed by atoms with Gasteiger partial charge in [0.15, 0.2) is 0 Å². The first-order chi connectivity index (χ1) is 9.88. The van der Waals surface area contributed by atoms with Crippen molar-refractivity contribution in [3.8, 4) is 5.75 Å². The van der Waals surface area contributed by atoms with Crippen LogP contribution < -0.4 is 10.1 Å². The molecule has 1 fully saturated rings. The van der Waals surface area contributed by atoms with Crippen LogP contribution >= 0.6 is 0 Å². The number of hydrogen-bond donors (Lipinski definition) is 1. The van der Waals surface area contributed by atoms with Gasteiger partial charge in [0.05, 0.1) is 0 Å². The molecule has 1 heterocycles. The van der Waals surface area contributed by atoms with E-state index in [1.54, 1.807) is 0 Å². The molecule has 0 aromatic heterocycles. The van der Waals surface area contributed by atoms with Gasteiger partial charge in [0.2, 0.25) is 0 Å². The molecular formula is C17H27NO2. The van der Waals surface area contributed by atoms with E-state index in [9.17, 15) is 0 Å². The second-order valence-corrected chi connectivity index (χ2v) is 5.57. The van der Waals surface area contributed by atoms with Crippen LogP contribution in [-0.2, 0) is 4.74 Å². The number of para-hydroxylation sites is 1. The van der Waals surface area contributed by atoms with Gasteiger partial charge >= 0.3 is 0 Å². The molecule has 1 aliphatic heterocycles. The molecule has 1 aromatic rings. The Bertz CT molecular complexity index is 349. The maximum absolute atomic E-state index is 5.91. The van der Waals surface area contributed by atoms with Crippen molar-refractivity contribution < 1.29 is 9.47 Å². The Hall–Kier alpha value is -1.06. The predicted molar refractivity (Wildman–Crippen MR) is 82.2 cm³/mol. The minimum absolute atomic E-state index is 0.443. The van der Waals surface area contributed by atoms with Crippen molar-refractivity contribution in [2.45, 2.75) is 38.6 Å². The van der Waals surface area contributed by atoms with Crippen LogP contribution in [0.15, 0.2) is 30.3 Å². The Morgan fingerprint density at radius 3 is 2.70 bits per heavy atom. The zero-order valence-electron chi connectivity index (χ0n) is 12.5. The van der Waals surface area contributed by atoms with Crippen molar-refractivity contribution in [1.29, 1.82) is 0 Å². The van der Waals surface area contributed by atoms with Gasteiger partial charge in [-0.05, 0) is 50.3 Å². The average Bonchev–Trinajstić information content (AvgIpc) is 2.52. The normalized spacial score (nSPS) is 17.9. The minimum Gasteiger partial charge on any atom is -0.492 e. The molecule has 0 amide bonds. The van der Waals surface area contributed by atoms with Crippen LogP contribution in [0.2, 0.25) is 0 Å². The van der Waals surface area contributed by atoms with Crippen LogP contribution in [0.3, 0.4) is 0 Å². The zero-order chi connectivity index (χ0) is 14.0. The number of hydrogen-bond acceptors (Lipinski definition) is 3. The summed E-state index contributed by atoms with van der Waals surface area (Å²) in [7, 11) is 0. The van der Waals surface area contributed by atoms with Crippen molar-refractivity contribution in [2.24, 2.45) is 5.92 Å². The standard InChI is InChI=1S/C17H27NO2/c1-2-10-18-16(13-15-8-11-19-12-9-15)14-20-17-6-4-3-5-7-17/h3-7,15-16,18H,2,8-14H2,1H3. The van der Waals surface area contributed by atoms with Crippen LogP contribution in [-0.4, -0.2) is 32.4 Å². The number of benzene rings is 1. The number of ether oxygens (including phenoxy) is 2. The van der Waals surface area contributed by atoms with E-state index >= 15 is 0 Å². The molecule has 1 atom stereocenters. The fourth-order valence-electron chi connectivity index (χ4n) is 2.66. The lowest BCUT2D eigenvalue weighted by Crippen LogP contribution is -2.37. The molecule has 112 valence electrons. The van der Waals surface area contributed by atoms with Gasteiger partial charge in [-0.2, -0.15) is 0 Å². The van der Waals surface area contributed by atoms with E-state index in [-0.39, 0.29) is 0 Å². The van der Waals surface area contributed by atoms with Gasteiger partial charge in [-0.3, -0.25) is 0 Å². The van der Waals surface area contributed by atoms with Crippen molar-refractivity contribution in [1.82, 2.24) is 5.32 Å². The Labute approximate surface area is 122 Å². The molecular weight excluding hydrogens is 250 g/mol. The summed E-state index contributed by atoms with van der Waals surface area (Å²) in [5, 5.41) is 3.62. The highest BCUT2D eigenvalue weighted by molar-refractivity contribution is 5.20. The van der Waals surface area contributed by atoms with Gasteiger partial charge in [-0.1, -0.05) is 25.1 Å². The second-order valence-electron chi connectivity index (χ2n) is 5.57. The van der Waals surface area contributed by atoms with E-state index in [1.165, 1.54) is 19.3 Å². The number of rotatable bonds is 8. The first kappa shape index (κ1) is 15.3. The summed E-state index contributed by atoms with van der Waals surface area (Å²) >= 11 is 0. The van der Waals surface area contributed by atoms with Crippen molar-refractivity contribution in [3.63, 3.8) is 0 Å².